The van der Waals surface area contributed by atoms with Gasteiger partial charge in [-0.2, -0.15) is 0 Å². The third-order valence-electron chi connectivity index (χ3n) is 3.71. The van der Waals surface area contributed by atoms with Gasteiger partial charge in [-0.3, -0.25) is 14.9 Å². The fraction of sp³-hybridized carbons (Fsp3) is 0.529. The first kappa shape index (κ1) is 17.4. The summed E-state index contributed by atoms with van der Waals surface area (Å²) in [6, 6.07) is 4.90. The topological polar surface area (TPSA) is 64.6 Å². The fourth-order valence-corrected chi connectivity index (χ4v) is 2.74. The van der Waals surface area contributed by atoms with Gasteiger partial charge >= 0.3 is 11.9 Å². The Morgan fingerprint density at radius 1 is 1.22 bits per heavy atom. The number of methoxy groups -OCH3 is 1. The summed E-state index contributed by atoms with van der Waals surface area (Å²) < 4.78 is 24.3. The van der Waals surface area contributed by atoms with Crippen molar-refractivity contribution in [2.45, 2.75) is 44.9 Å². The van der Waals surface area contributed by atoms with Crippen LogP contribution in [0.2, 0.25) is 0 Å². The molecule has 3 atom stereocenters. The maximum absolute atomic E-state index is 14.1. The molecule has 1 saturated heterocycles. The van der Waals surface area contributed by atoms with Crippen molar-refractivity contribution in [2.24, 2.45) is 5.92 Å². The molecule has 6 heteroatoms. The van der Waals surface area contributed by atoms with Crippen LogP contribution in [-0.2, 0) is 19.1 Å². The van der Waals surface area contributed by atoms with Crippen LogP contribution in [-0.4, -0.2) is 30.7 Å². The highest BCUT2D eigenvalue weighted by atomic mass is 19.1. The number of halogens is 1. The van der Waals surface area contributed by atoms with Crippen molar-refractivity contribution in [2.75, 3.05) is 7.11 Å². The van der Waals surface area contributed by atoms with Crippen LogP contribution in [0.3, 0.4) is 0 Å². The molecule has 1 aliphatic heterocycles. The first-order valence-corrected chi connectivity index (χ1v) is 7.54. The van der Waals surface area contributed by atoms with Crippen molar-refractivity contribution in [1.82, 2.24) is 5.32 Å². The zero-order valence-corrected chi connectivity index (χ0v) is 13.8. The maximum Gasteiger partial charge on any atom is 0.322 e. The van der Waals surface area contributed by atoms with Crippen molar-refractivity contribution in [3.8, 4) is 0 Å². The molecule has 1 fully saturated rings. The zero-order valence-electron chi connectivity index (χ0n) is 13.8. The molecule has 0 bridgehead atoms. The van der Waals surface area contributed by atoms with Crippen LogP contribution in [0.4, 0.5) is 4.39 Å². The number of nitrogens with one attached hydrogen (secondary N) is 1. The molecule has 1 aromatic rings. The molecular formula is C17H22FNO4. The lowest BCUT2D eigenvalue weighted by Crippen LogP contribution is -2.34. The molecule has 0 spiro atoms. The first-order valence-electron chi connectivity index (χ1n) is 7.54. The lowest BCUT2D eigenvalue weighted by Gasteiger charge is -2.25. The second-order valence-corrected chi connectivity index (χ2v) is 6.62. The normalized spacial score (nSPS) is 24.3. The van der Waals surface area contributed by atoms with Gasteiger partial charge < -0.3 is 9.47 Å². The molecule has 1 heterocycles. The average Bonchev–Trinajstić information content (AvgIpc) is 2.90. The molecule has 0 aromatic heterocycles. The van der Waals surface area contributed by atoms with Gasteiger partial charge in [0.1, 0.15) is 17.5 Å². The highest BCUT2D eigenvalue weighted by Crippen LogP contribution is 2.36. The summed E-state index contributed by atoms with van der Waals surface area (Å²) in [6.07, 6.45) is 0.209. The van der Waals surface area contributed by atoms with Gasteiger partial charge in [0, 0.05) is 11.6 Å². The molecule has 126 valence electrons. The van der Waals surface area contributed by atoms with E-state index in [4.69, 9.17) is 9.47 Å². The molecule has 1 N–H and O–H groups in total. The van der Waals surface area contributed by atoms with Crippen LogP contribution in [0.25, 0.3) is 0 Å². The highest BCUT2D eigenvalue weighted by molar-refractivity contribution is 5.80. The number of benzene rings is 1. The Labute approximate surface area is 135 Å². The second-order valence-electron chi connectivity index (χ2n) is 6.62. The first-order chi connectivity index (χ1) is 10.7. The molecule has 0 unspecified atom stereocenters. The van der Waals surface area contributed by atoms with E-state index in [2.05, 4.69) is 5.32 Å². The number of esters is 2. The van der Waals surface area contributed by atoms with E-state index < -0.39 is 41.4 Å². The summed E-state index contributed by atoms with van der Waals surface area (Å²) in [7, 11) is 1.28. The standard InChI is InChI=1S/C17H22FNO4/c1-17(2,3)23-15(20)11-9-13(16(21)22-4)19-14(11)10-7-5-6-8-12(10)18/h5-8,11,13-14,19H,9H2,1-4H3/t11-,13-,14-/m0/s1. The van der Waals surface area contributed by atoms with E-state index in [1.807, 2.05) is 0 Å². The number of ether oxygens (including phenoxy) is 2. The predicted octanol–water partition coefficient (Wildman–Crippen LogP) is 2.36. The van der Waals surface area contributed by atoms with Gasteiger partial charge in [0.15, 0.2) is 0 Å². The van der Waals surface area contributed by atoms with Crippen molar-refractivity contribution in [1.29, 1.82) is 0 Å². The van der Waals surface area contributed by atoms with Crippen LogP contribution in [0, 0.1) is 11.7 Å². The van der Waals surface area contributed by atoms with E-state index in [1.165, 1.54) is 13.2 Å². The van der Waals surface area contributed by atoms with Crippen molar-refractivity contribution < 1.29 is 23.5 Å². The largest absolute Gasteiger partial charge is 0.468 e. The van der Waals surface area contributed by atoms with Crippen molar-refractivity contribution >= 4 is 11.9 Å². The van der Waals surface area contributed by atoms with Gasteiger partial charge in [0.25, 0.3) is 0 Å². The molecule has 23 heavy (non-hydrogen) atoms. The summed E-state index contributed by atoms with van der Waals surface area (Å²) >= 11 is 0. The van der Waals surface area contributed by atoms with Gasteiger partial charge in [-0.25, -0.2) is 4.39 Å². The van der Waals surface area contributed by atoms with E-state index in [0.29, 0.717) is 5.56 Å². The summed E-state index contributed by atoms with van der Waals surface area (Å²) in [4.78, 5) is 24.3. The summed E-state index contributed by atoms with van der Waals surface area (Å²) in [6.45, 7) is 5.30. The highest BCUT2D eigenvalue weighted by Gasteiger charge is 2.45. The molecule has 1 aliphatic rings. The monoisotopic (exact) mass is 323 g/mol. The fourth-order valence-electron chi connectivity index (χ4n) is 2.74. The molecule has 0 amide bonds. The minimum atomic E-state index is -0.665. The number of hydrogen-bond acceptors (Lipinski definition) is 5. The number of hydrogen-bond donors (Lipinski definition) is 1. The second kappa shape index (κ2) is 6.66. The molecule has 0 aliphatic carbocycles. The van der Waals surface area contributed by atoms with Crippen LogP contribution in [0.5, 0.6) is 0 Å². The minimum Gasteiger partial charge on any atom is -0.468 e. The van der Waals surface area contributed by atoms with Gasteiger partial charge in [-0.15, -0.1) is 0 Å². The Bertz CT molecular complexity index is 597. The molecule has 1 aromatic carbocycles. The Balaban J connectivity index is 2.30. The van der Waals surface area contributed by atoms with E-state index in [0.717, 1.165) is 0 Å². The molecule has 0 radical (unpaired) electrons. The summed E-state index contributed by atoms with van der Waals surface area (Å²) in [5, 5.41) is 3.00. The van der Waals surface area contributed by atoms with E-state index in [9.17, 15) is 14.0 Å². The average molecular weight is 323 g/mol. The van der Waals surface area contributed by atoms with Crippen LogP contribution < -0.4 is 5.32 Å². The van der Waals surface area contributed by atoms with Gasteiger partial charge in [-0.1, -0.05) is 18.2 Å². The lowest BCUT2D eigenvalue weighted by atomic mass is 9.93. The minimum absolute atomic E-state index is 0.209. The van der Waals surface area contributed by atoms with Gasteiger partial charge in [0.05, 0.1) is 13.0 Å². The Kier molecular flexibility index (Phi) is 5.04. The third kappa shape index (κ3) is 4.07. The smallest absolute Gasteiger partial charge is 0.322 e. The lowest BCUT2D eigenvalue weighted by molar-refractivity contribution is -0.160. The third-order valence-corrected chi connectivity index (χ3v) is 3.71. The molecule has 2 rings (SSSR count). The SMILES string of the molecule is COC(=O)[C@@H]1C[C@H](C(=O)OC(C)(C)C)[C@H](c2ccccc2F)N1. The predicted molar refractivity (Wildman–Crippen MR) is 82.0 cm³/mol. The Morgan fingerprint density at radius 2 is 1.87 bits per heavy atom. The molecule has 0 saturated carbocycles. The summed E-state index contributed by atoms with van der Waals surface area (Å²) in [5.41, 5.74) is -0.310. The van der Waals surface area contributed by atoms with Crippen LogP contribution in [0.1, 0.15) is 38.8 Å². The van der Waals surface area contributed by atoms with Crippen LogP contribution in [0.15, 0.2) is 24.3 Å². The number of carbonyl (C=O) groups is 2. The molecule has 5 nitrogen and oxygen atoms in total. The maximum atomic E-state index is 14.1. The van der Waals surface area contributed by atoms with Crippen molar-refractivity contribution in [3.05, 3.63) is 35.6 Å². The van der Waals surface area contributed by atoms with Crippen LogP contribution >= 0.6 is 0 Å². The Hall–Kier alpha value is -1.95. The zero-order chi connectivity index (χ0) is 17.2. The number of rotatable bonds is 3. The number of carbonyl (C=O) groups excluding carboxylic acids is 2. The van der Waals surface area contributed by atoms with Crippen molar-refractivity contribution in [3.63, 3.8) is 0 Å². The van der Waals surface area contributed by atoms with Gasteiger partial charge in [0.2, 0.25) is 0 Å². The van der Waals surface area contributed by atoms with E-state index in [-0.39, 0.29) is 6.42 Å². The van der Waals surface area contributed by atoms with Gasteiger partial charge in [-0.05, 0) is 33.3 Å². The molecular weight excluding hydrogens is 301 g/mol. The van der Waals surface area contributed by atoms with E-state index >= 15 is 0 Å². The summed E-state index contributed by atoms with van der Waals surface area (Å²) in [5.74, 6) is -2.01. The Morgan fingerprint density at radius 3 is 2.43 bits per heavy atom. The quantitative estimate of drug-likeness (QED) is 0.865. The van der Waals surface area contributed by atoms with E-state index in [1.54, 1.807) is 39.0 Å².